The van der Waals surface area contributed by atoms with Gasteiger partial charge in [-0.2, -0.15) is 5.10 Å². The molecule has 0 bridgehead atoms. The third-order valence-electron chi connectivity index (χ3n) is 4.84. The van der Waals surface area contributed by atoms with E-state index in [0.29, 0.717) is 33.6 Å². The highest BCUT2D eigenvalue weighted by molar-refractivity contribution is 7.71. The van der Waals surface area contributed by atoms with Crippen LogP contribution in [-0.4, -0.2) is 27.4 Å². The van der Waals surface area contributed by atoms with E-state index in [1.54, 1.807) is 19.2 Å². The number of hydrogen-bond donors (Lipinski definition) is 2. The number of nitrogens with zero attached hydrogens (tertiary/aromatic N) is 3. The van der Waals surface area contributed by atoms with E-state index in [-0.39, 0.29) is 12.5 Å². The number of rotatable bonds is 8. The molecule has 0 atom stereocenters. The maximum Gasteiger partial charge on any atom is 0.246 e. The van der Waals surface area contributed by atoms with E-state index in [9.17, 15) is 4.79 Å². The second-order valence-corrected chi connectivity index (χ2v) is 7.97. The molecule has 0 spiro atoms. The third kappa shape index (κ3) is 5.60. The van der Waals surface area contributed by atoms with Crippen LogP contribution < -0.4 is 15.4 Å². The Bertz CT molecular complexity index is 1320. The van der Waals surface area contributed by atoms with Crippen LogP contribution in [0.1, 0.15) is 5.82 Å². The van der Waals surface area contributed by atoms with Gasteiger partial charge in [0, 0.05) is 28.2 Å². The summed E-state index contributed by atoms with van der Waals surface area (Å²) in [6.07, 6.45) is 0. The van der Waals surface area contributed by atoms with Crippen molar-refractivity contribution in [3.63, 3.8) is 0 Å². The number of para-hydroxylation sites is 1. The van der Waals surface area contributed by atoms with E-state index in [2.05, 4.69) is 15.7 Å². The zero-order valence-electron chi connectivity index (χ0n) is 17.9. The van der Waals surface area contributed by atoms with Gasteiger partial charge in [0.2, 0.25) is 10.7 Å². The van der Waals surface area contributed by atoms with Crippen molar-refractivity contribution >= 4 is 41.1 Å². The van der Waals surface area contributed by atoms with Crippen LogP contribution in [0.5, 0.6) is 5.75 Å². The fraction of sp³-hybridized carbons (Fsp3) is 0.125. The van der Waals surface area contributed by atoms with Gasteiger partial charge in [-0.15, -0.1) is 0 Å². The Morgan fingerprint density at radius 1 is 1.03 bits per heavy atom. The first-order valence-corrected chi connectivity index (χ1v) is 11.0. The topological polar surface area (TPSA) is 73.1 Å². The number of nitrogens with one attached hydrogen (secondary N) is 2. The number of carbonyl (C=O) groups excluding carboxylic acids is 1. The molecule has 0 aliphatic rings. The first-order chi connectivity index (χ1) is 16.0. The Balaban J connectivity index is 1.59. The standard InChI is InChI=1S/C24H22ClN5O2S/c1-32-21-12-6-9-19(14-21)27-23(31)16-29-24(33)30(20-10-3-2-4-11-20)22(28-29)15-26-18-8-5-7-17(25)13-18/h2-14,26H,15-16H2,1H3,(H,27,31). The fourth-order valence-corrected chi connectivity index (χ4v) is 3.83. The second-order valence-electron chi connectivity index (χ2n) is 7.17. The van der Waals surface area contributed by atoms with Crippen LogP contribution in [0.25, 0.3) is 5.69 Å². The van der Waals surface area contributed by atoms with Crippen molar-refractivity contribution in [1.82, 2.24) is 14.3 Å². The molecular weight excluding hydrogens is 458 g/mol. The van der Waals surface area contributed by atoms with E-state index in [0.717, 1.165) is 11.4 Å². The molecule has 4 rings (SSSR count). The minimum Gasteiger partial charge on any atom is -0.497 e. The molecule has 4 aromatic rings. The third-order valence-corrected chi connectivity index (χ3v) is 5.47. The van der Waals surface area contributed by atoms with Crippen LogP contribution in [0.4, 0.5) is 11.4 Å². The summed E-state index contributed by atoms with van der Waals surface area (Å²) in [7, 11) is 1.58. The van der Waals surface area contributed by atoms with Gasteiger partial charge >= 0.3 is 0 Å². The van der Waals surface area contributed by atoms with E-state index < -0.39 is 0 Å². The van der Waals surface area contributed by atoms with Crippen LogP contribution >= 0.6 is 23.8 Å². The highest BCUT2D eigenvalue weighted by atomic mass is 35.5. The minimum atomic E-state index is -0.244. The van der Waals surface area contributed by atoms with Crippen molar-refractivity contribution in [1.29, 1.82) is 0 Å². The molecule has 1 heterocycles. The van der Waals surface area contributed by atoms with Crippen LogP contribution in [0.3, 0.4) is 0 Å². The molecule has 2 N–H and O–H groups in total. The lowest BCUT2D eigenvalue weighted by atomic mass is 10.3. The predicted octanol–water partition coefficient (Wildman–Crippen LogP) is 5.32. The van der Waals surface area contributed by atoms with Gasteiger partial charge in [0.05, 0.1) is 13.7 Å². The Kier molecular flexibility index (Phi) is 7.07. The monoisotopic (exact) mass is 479 g/mol. The van der Waals surface area contributed by atoms with Gasteiger partial charge in [-0.25, -0.2) is 4.68 Å². The molecule has 0 radical (unpaired) electrons. The van der Waals surface area contributed by atoms with Crippen molar-refractivity contribution in [2.24, 2.45) is 0 Å². The van der Waals surface area contributed by atoms with E-state index >= 15 is 0 Å². The average molecular weight is 480 g/mol. The molecule has 0 unspecified atom stereocenters. The molecule has 7 nitrogen and oxygen atoms in total. The van der Waals surface area contributed by atoms with Gasteiger partial charge in [0.1, 0.15) is 12.3 Å². The second kappa shape index (κ2) is 10.3. The number of methoxy groups -OCH3 is 1. The first kappa shape index (κ1) is 22.6. The Morgan fingerprint density at radius 3 is 2.55 bits per heavy atom. The van der Waals surface area contributed by atoms with E-state index in [1.807, 2.05) is 71.3 Å². The molecule has 168 valence electrons. The molecule has 33 heavy (non-hydrogen) atoms. The lowest BCUT2D eigenvalue weighted by Crippen LogP contribution is -2.20. The Morgan fingerprint density at radius 2 is 1.79 bits per heavy atom. The molecule has 1 aromatic heterocycles. The highest BCUT2D eigenvalue weighted by Gasteiger charge is 2.15. The van der Waals surface area contributed by atoms with Crippen molar-refractivity contribution in [2.75, 3.05) is 17.7 Å². The van der Waals surface area contributed by atoms with Gasteiger partial charge in [0.15, 0.2) is 5.82 Å². The lowest BCUT2D eigenvalue weighted by Gasteiger charge is -2.09. The van der Waals surface area contributed by atoms with Gasteiger partial charge < -0.3 is 15.4 Å². The molecule has 0 saturated heterocycles. The van der Waals surface area contributed by atoms with Gasteiger partial charge in [-0.1, -0.05) is 41.9 Å². The molecule has 0 saturated carbocycles. The summed E-state index contributed by atoms with van der Waals surface area (Å²) < 4.78 is 9.00. The van der Waals surface area contributed by atoms with Crippen LogP contribution in [0.2, 0.25) is 5.02 Å². The largest absolute Gasteiger partial charge is 0.497 e. The normalized spacial score (nSPS) is 10.6. The number of hydrogen-bond acceptors (Lipinski definition) is 5. The maximum atomic E-state index is 12.7. The highest BCUT2D eigenvalue weighted by Crippen LogP contribution is 2.19. The number of halogens is 1. The summed E-state index contributed by atoms with van der Waals surface area (Å²) >= 11 is 11.8. The summed E-state index contributed by atoms with van der Waals surface area (Å²) in [6.45, 7) is 0.365. The smallest absolute Gasteiger partial charge is 0.246 e. The molecule has 0 aliphatic heterocycles. The number of ether oxygens (including phenoxy) is 1. The van der Waals surface area contributed by atoms with Crippen LogP contribution in [-0.2, 0) is 17.9 Å². The van der Waals surface area contributed by atoms with Crippen molar-refractivity contribution in [3.05, 3.63) is 94.5 Å². The number of carbonyl (C=O) groups is 1. The summed E-state index contributed by atoms with van der Waals surface area (Å²) in [5, 5.41) is 11.4. The Hall–Kier alpha value is -3.62. The number of aromatic nitrogens is 3. The summed E-state index contributed by atoms with van der Waals surface area (Å²) in [5.74, 6) is 1.08. The summed E-state index contributed by atoms with van der Waals surface area (Å²) in [4.78, 5) is 12.7. The SMILES string of the molecule is COc1cccc(NC(=O)Cn2nc(CNc3cccc(Cl)c3)n(-c3ccccc3)c2=S)c1. The minimum absolute atomic E-state index is 0.0277. The van der Waals surface area contributed by atoms with Gasteiger partial charge in [-0.3, -0.25) is 9.36 Å². The van der Waals surface area contributed by atoms with Crippen LogP contribution in [0, 0.1) is 4.77 Å². The first-order valence-electron chi connectivity index (χ1n) is 10.2. The molecule has 0 fully saturated rings. The van der Waals surface area contributed by atoms with Crippen molar-refractivity contribution in [3.8, 4) is 11.4 Å². The lowest BCUT2D eigenvalue weighted by molar-refractivity contribution is -0.116. The van der Waals surface area contributed by atoms with E-state index in [4.69, 9.17) is 28.6 Å². The number of anilines is 2. The predicted molar refractivity (Wildman–Crippen MR) is 133 cm³/mol. The zero-order valence-corrected chi connectivity index (χ0v) is 19.4. The molecule has 1 amide bonds. The number of amides is 1. The Labute approximate surface area is 201 Å². The molecular formula is C24H22ClN5O2S. The van der Waals surface area contributed by atoms with Crippen molar-refractivity contribution in [2.45, 2.75) is 13.1 Å². The molecule has 3 aromatic carbocycles. The summed E-state index contributed by atoms with van der Waals surface area (Å²) in [5.41, 5.74) is 2.36. The van der Waals surface area contributed by atoms with Crippen LogP contribution in [0.15, 0.2) is 78.9 Å². The number of benzene rings is 3. The van der Waals surface area contributed by atoms with E-state index in [1.165, 1.54) is 4.68 Å². The fourth-order valence-electron chi connectivity index (χ4n) is 3.32. The average Bonchev–Trinajstić information content (AvgIpc) is 3.13. The maximum absolute atomic E-state index is 12.7. The summed E-state index contributed by atoms with van der Waals surface area (Å²) in [6, 6.07) is 24.3. The van der Waals surface area contributed by atoms with Gasteiger partial charge in [-0.05, 0) is 54.7 Å². The van der Waals surface area contributed by atoms with Crippen molar-refractivity contribution < 1.29 is 9.53 Å². The molecule has 9 heteroatoms. The zero-order chi connectivity index (χ0) is 23.2. The molecule has 0 aliphatic carbocycles. The van der Waals surface area contributed by atoms with Gasteiger partial charge in [0.25, 0.3) is 0 Å². The quantitative estimate of drug-likeness (QED) is 0.335.